The van der Waals surface area contributed by atoms with E-state index in [2.05, 4.69) is 80.6 Å². The maximum atomic E-state index is 5.59. The zero-order chi connectivity index (χ0) is 16.2. The van der Waals surface area contributed by atoms with E-state index in [1.807, 2.05) is 0 Å². The molecule has 0 saturated heterocycles. The summed E-state index contributed by atoms with van der Waals surface area (Å²) in [7, 11) is 1.76. The second-order valence-electron chi connectivity index (χ2n) is 5.90. The molecule has 118 valence electrons. The van der Waals surface area contributed by atoms with Gasteiger partial charge in [-0.3, -0.25) is 0 Å². The molecule has 1 aliphatic rings. The fourth-order valence-corrected chi connectivity index (χ4v) is 5.66. The van der Waals surface area contributed by atoms with Gasteiger partial charge >= 0.3 is 0 Å². The van der Waals surface area contributed by atoms with Gasteiger partial charge < -0.3 is 4.74 Å². The normalized spacial score (nSPS) is 18.1. The second-order valence-corrected chi connectivity index (χ2v) is 7.98. The Kier molecular flexibility index (Phi) is 4.92. The Morgan fingerprint density at radius 3 is 1.87 bits per heavy atom. The van der Waals surface area contributed by atoms with Gasteiger partial charge in [0.05, 0.1) is 18.0 Å². The summed E-state index contributed by atoms with van der Waals surface area (Å²) in [5.74, 6) is 1.56. The molecule has 0 aromatic heterocycles. The molecule has 0 amide bonds. The molecular weight excluding hydrogens is 300 g/mol. The first-order chi connectivity index (χ1) is 11.2. The number of benzene rings is 2. The molecule has 0 bridgehead atoms. The average Bonchev–Trinajstić information content (AvgIpc) is 2.57. The van der Waals surface area contributed by atoms with Gasteiger partial charge in [0.15, 0.2) is 9.79 Å². The average molecular weight is 323 g/mol. The molecule has 1 nitrogen and oxygen atoms in total. The van der Waals surface area contributed by atoms with Crippen LogP contribution in [0.2, 0.25) is 0 Å². The Bertz CT molecular complexity index is 677. The predicted octanol–water partition coefficient (Wildman–Crippen LogP) is 5.57. The van der Waals surface area contributed by atoms with Crippen LogP contribution in [0.1, 0.15) is 20.3 Å². The zero-order valence-corrected chi connectivity index (χ0v) is 14.8. The topological polar surface area (TPSA) is 9.23 Å². The van der Waals surface area contributed by atoms with Gasteiger partial charge in [-0.25, -0.2) is 0 Å². The molecule has 0 radical (unpaired) electrons. The molecule has 0 aliphatic heterocycles. The molecule has 2 aromatic carbocycles. The van der Waals surface area contributed by atoms with Crippen LogP contribution in [0.15, 0.2) is 92.8 Å². The van der Waals surface area contributed by atoms with Crippen LogP contribution in [-0.4, -0.2) is 7.11 Å². The van der Waals surface area contributed by atoms with E-state index in [1.165, 1.54) is 20.3 Å². The first kappa shape index (κ1) is 15.9. The van der Waals surface area contributed by atoms with E-state index in [0.717, 1.165) is 12.2 Å². The minimum atomic E-state index is -0.0246. The van der Waals surface area contributed by atoms with Crippen molar-refractivity contribution in [2.24, 2.45) is 5.92 Å². The molecule has 0 spiro atoms. The molecule has 23 heavy (non-hydrogen) atoms. The van der Waals surface area contributed by atoms with Crippen molar-refractivity contribution >= 4 is 10.9 Å². The lowest BCUT2D eigenvalue weighted by Gasteiger charge is -2.23. The fourth-order valence-electron chi connectivity index (χ4n) is 3.21. The minimum absolute atomic E-state index is 0.0246. The van der Waals surface area contributed by atoms with Crippen LogP contribution in [0.5, 0.6) is 0 Å². The van der Waals surface area contributed by atoms with Crippen molar-refractivity contribution in [3.63, 3.8) is 0 Å². The van der Waals surface area contributed by atoms with E-state index in [0.29, 0.717) is 5.92 Å². The highest BCUT2D eigenvalue weighted by Gasteiger charge is 2.35. The van der Waals surface area contributed by atoms with Gasteiger partial charge in [0, 0.05) is 12.3 Å². The summed E-state index contributed by atoms with van der Waals surface area (Å²) < 4.78 is 5.59. The summed E-state index contributed by atoms with van der Waals surface area (Å²) in [5, 5.41) is 0. The van der Waals surface area contributed by atoms with Gasteiger partial charge in [0.2, 0.25) is 0 Å². The van der Waals surface area contributed by atoms with Crippen molar-refractivity contribution in [2.75, 3.05) is 7.11 Å². The molecule has 0 fully saturated rings. The summed E-state index contributed by atoms with van der Waals surface area (Å²) in [6.45, 7) is 4.42. The maximum absolute atomic E-state index is 5.59. The lowest BCUT2D eigenvalue weighted by Crippen LogP contribution is -2.16. The zero-order valence-electron chi connectivity index (χ0n) is 14.0. The summed E-state index contributed by atoms with van der Waals surface area (Å²) in [6, 6.07) is 21.7. The molecule has 1 unspecified atom stereocenters. The Labute approximate surface area is 142 Å². The highest BCUT2D eigenvalue weighted by molar-refractivity contribution is 8.00. The third-order valence-electron chi connectivity index (χ3n) is 4.16. The molecule has 2 heteroatoms. The van der Waals surface area contributed by atoms with Crippen molar-refractivity contribution in [1.82, 2.24) is 0 Å². The van der Waals surface area contributed by atoms with Crippen LogP contribution < -0.4 is 0 Å². The van der Waals surface area contributed by atoms with Gasteiger partial charge in [-0.1, -0.05) is 43.3 Å². The molecule has 3 rings (SSSR count). The number of methoxy groups -OCH3 is 1. The number of allylic oxidation sites excluding steroid dienone is 4. The molecule has 0 heterocycles. The summed E-state index contributed by atoms with van der Waals surface area (Å²) >= 11 is 0. The van der Waals surface area contributed by atoms with Gasteiger partial charge in [-0.2, -0.15) is 0 Å². The molecule has 0 N–H and O–H groups in total. The first-order valence-electron chi connectivity index (χ1n) is 8.00. The second kappa shape index (κ2) is 7.10. The van der Waals surface area contributed by atoms with E-state index >= 15 is 0 Å². The van der Waals surface area contributed by atoms with Gasteiger partial charge in [-0.05, 0) is 42.8 Å². The van der Waals surface area contributed by atoms with E-state index in [9.17, 15) is 0 Å². The van der Waals surface area contributed by atoms with Crippen LogP contribution >= 0.6 is 0 Å². The van der Waals surface area contributed by atoms with Crippen molar-refractivity contribution in [2.45, 2.75) is 30.1 Å². The van der Waals surface area contributed by atoms with Crippen LogP contribution in [0.25, 0.3) is 0 Å². The SMILES string of the molecule is COC1=C(C)C=C([S+](c2ccccc2)c2ccccc2)CC1C. The Morgan fingerprint density at radius 2 is 1.43 bits per heavy atom. The largest absolute Gasteiger partial charge is 0.501 e. The lowest BCUT2D eigenvalue weighted by atomic mass is 9.96. The maximum Gasteiger partial charge on any atom is 0.166 e. The number of rotatable bonds is 4. The minimum Gasteiger partial charge on any atom is -0.501 e. The van der Waals surface area contributed by atoms with Crippen LogP contribution in [0, 0.1) is 5.92 Å². The summed E-state index contributed by atoms with van der Waals surface area (Å²) in [4.78, 5) is 4.25. The van der Waals surface area contributed by atoms with Crippen molar-refractivity contribution in [3.05, 3.63) is 83.0 Å². The Morgan fingerprint density at radius 1 is 0.913 bits per heavy atom. The molecule has 1 aliphatic carbocycles. The summed E-state index contributed by atoms with van der Waals surface area (Å²) in [6.07, 6.45) is 3.38. The highest BCUT2D eigenvalue weighted by Crippen LogP contribution is 2.39. The first-order valence-corrected chi connectivity index (χ1v) is 9.23. The Hall–Kier alpha value is -1.93. The van der Waals surface area contributed by atoms with Gasteiger partial charge in [-0.15, -0.1) is 0 Å². The monoisotopic (exact) mass is 323 g/mol. The predicted molar refractivity (Wildman–Crippen MR) is 98.4 cm³/mol. The van der Waals surface area contributed by atoms with E-state index in [4.69, 9.17) is 4.74 Å². The fraction of sp³-hybridized carbons (Fsp3) is 0.238. The quantitative estimate of drug-likeness (QED) is 0.669. The van der Waals surface area contributed by atoms with Crippen molar-refractivity contribution in [1.29, 1.82) is 0 Å². The molecular formula is C21H23OS+. The van der Waals surface area contributed by atoms with E-state index in [-0.39, 0.29) is 10.9 Å². The number of hydrogen-bond donors (Lipinski definition) is 0. The van der Waals surface area contributed by atoms with Crippen molar-refractivity contribution in [3.8, 4) is 0 Å². The van der Waals surface area contributed by atoms with E-state index in [1.54, 1.807) is 7.11 Å². The van der Waals surface area contributed by atoms with Crippen LogP contribution in [0.4, 0.5) is 0 Å². The molecule has 2 aromatic rings. The van der Waals surface area contributed by atoms with E-state index < -0.39 is 0 Å². The van der Waals surface area contributed by atoms with Gasteiger partial charge in [0.25, 0.3) is 0 Å². The third kappa shape index (κ3) is 3.37. The molecule has 0 saturated carbocycles. The third-order valence-corrected chi connectivity index (χ3v) is 6.46. The summed E-state index contributed by atoms with van der Waals surface area (Å²) in [5.41, 5.74) is 1.26. The smallest absolute Gasteiger partial charge is 0.166 e. The van der Waals surface area contributed by atoms with Gasteiger partial charge in [0.1, 0.15) is 10.7 Å². The van der Waals surface area contributed by atoms with Crippen LogP contribution in [-0.2, 0) is 15.6 Å². The number of hydrogen-bond acceptors (Lipinski definition) is 1. The molecule has 1 atom stereocenters. The number of ether oxygens (including phenoxy) is 1. The Balaban J connectivity index is 2.09. The van der Waals surface area contributed by atoms with Crippen LogP contribution in [0.3, 0.4) is 0 Å². The van der Waals surface area contributed by atoms with Crippen molar-refractivity contribution < 1.29 is 4.74 Å². The highest BCUT2D eigenvalue weighted by atomic mass is 32.2. The lowest BCUT2D eigenvalue weighted by molar-refractivity contribution is 0.241. The standard InChI is InChI=1S/C21H23OS/c1-16-14-20(15-17(2)21(16)22-3)23(18-10-6-4-7-11-18)19-12-8-5-9-13-19/h4-14,17H,15H2,1-3H3/q+1.